The molecule has 0 fully saturated rings. The quantitative estimate of drug-likeness (QED) is 0.763. The molecule has 1 N–H and O–H groups in total. The standard InChI is InChI=1S/C13H26N4O/c1-6-7-11(14-2)13-12(18-5)10-15-17(13)9-8-16(3)4/h10-11,14H,6-9H2,1-5H3. The Morgan fingerprint density at radius 2 is 2.22 bits per heavy atom. The summed E-state index contributed by atoms with van der Waals surface area (Å²) >= 11 is 0. The van der Waals surface area contributed by atoms with E-state index in [9.17, 15) is 0 Å². The van der Waals surface area contributed by atoms with Crippen LogP contribution in [0.25, 0.3) is 0 Å². The Bertz CT molecular complexity index is 349. The summed E-state index contributed by atoms with van der Waals surface area (Å²) in [5.74, 6) is 0.876. The highest BCUT2D eigenvalue weighted by molar-refractivity contribution is 5.28. The van der Waals surface area contributed by atoms with Gasteiger partial charge in [0.1, 0.15) is 0 Å². The van der Waals surface area contributed by atoms with Crippen molar-refractivity contribution in [3.63, 3.8) is 0 Å². The van der Waals surface area contributed by atoms with Crippen LogP contribution in [0.5, 0.6) is 5.75 Å². The average Bonchev–Trinajstić information content (AvgIpc) is 2.76. The van der Waals surface area contributed by atoms with E-state index in [-0.39, 0.29) is 0 Å². The van der Waals surface area contributed by atoms with Crippen LogP contribution >= 0.6 is 0 Å². The van der Waals surface area contributed by atoms with Crippen molar-refractivity contribution in [1.82, 2.24) is 20.0 Å². The molecule has 18 heavy (non-hydrogen) atoms. The summed E-state index contributed by atoms with van der Waals surface area (Å²) in [4.78, 5) is 2.16. The van der Waals surface area contributed by atoms with Crippen molar-refractivity contribution >= 4 is 0 Å². The summed E-state index contributed by atoms with van der Waals surface area (Å²) < 4.78 is 7.48. The van der Waals surface area contributed by atoms with Gasteiger partial charge in [-0.1, -0.05) is 13.3 Å². The van der Waals surface area contributed by atoms with Gasteiger partial charge in [0.25, 0.3) is 0 Å². The smallest absolute Gasteiger partial charge is 0.161 e. The molecule has 1 aromatic rings. The van der Waals surface area contributed by atoms with E-state index in [1.165, 1.54) is 0 Å². The van der Waals surface area contributed by atoms with Crippen LogP contribution in [0.3, 0.4) is 0 Å². The van der Waals surface area contributed by atoms with Crippen LogP contribution < -0.4 is 10.1 Å². The lowest BCUT2D eigenvalue weighted by molar-refractivity contribution is 0.353. The van der Waals surface area contributed by atoms with Gasteiger partial charge in [-0.15, -0.1) is 0 Å². The summed E-state index contributed by atoms with van der Waals surface area (Å²) in [7, 11) is 7.84. The number of hydrogen-bond donors (Lipinski definition) is 1. The number of ether oxygens (including phenoxy) is 1. The van der Waals surface area contributed by atoms with E-state index in [0.29, 0.717) is 6.04 Å². The normalized spacial score (nSPS) is 13.0. The second-order valence-electron chi connectivity index (χ2n) is 4.75. The lowest BCUT2D eigenvalue weighted by Crippen LogP contribution is -2.24. The number of methoxy groups -OCH3 is 1. The second-order valence-corrected chi connectivity index (χ2v) is 4.75. The van der Waals surface area contributed by atoms with Gasteiger partial charge >= 0.3 is 0 Å². The summed E-state index contributed by atoms with van der Waals surface area (Å²) in [6.45, 7) is 4.05. The van der Waals surface area contributed by atoms with Crippen LogP contribution in [0.4, 0.5) is 0 Å². The Labute approximate surface area is 110 Å². The van der Waals surface area contributed by atoms with Crippen molar-refractivity contribution in [3.8, 4) is 5.75 Å². The van der Waals surface area contributed by atoms with Crippen LogP contribution in [0, 0.1) is 0 Å². The SMILES string of the molecule is CCCC(NC)c1c(OC)cnn1CCN(C)C. The van der Waals surface area contributed by atoms with Crippen LogP contribution in [-0.2, 0) is 6.54 Å². The Hall–Kier alpha value is -1.07. The van der Waals surface area contributed by atoms with Crippen LogP contribution in [-0.4, -0.2) is 49.5 Å². The van der Waals surface area contributed by atoms with E-state index >= 15 is 0 Å². The van der Waals surface area contributed by atoms with Gasteiger partial charge in [-0.05, 0) is 27.6 Å². The highest BCUT2D eigenvalue weighted by Gasteiger charge is 2.19. The highest BCUT2D eigenvalue weighted by Crippen LogP contribution is 2.27. The summed E-state index contributed by atoms with van der Waals surface area (Å²) in [5.41, 5.74) is 1.16. The molecular weight excluding hydrogens is 228 g/mol. The number of hydrogen-bond acceptors (Lipinski definition) is 4. The number of rotatable bonds is 8. The molecule has 0 aromatic carbocycles. The number of aromatic nitrogens is 2. The first-order valence-corrected chi connectivity index (χ1v) is 6.55. The fourth-order valence-corrected chi connectivity index (χ4v) is 2.07. The predicted octanol–water partition coefficient (Wildman–Crippen LogP) is 1.51. The topological polar surface area (TPSA) is 42.3 Å². The molecule has 104 valence electrons. The highest BCUT2D eigenvalue weighted by atomic mass is 16.5. The van der Waals surface area contributed by atoms with Gasteiger partial charge in [-0.25, -0.2) is 0 Å². The first-order chi connectivity index (χ1) is 8.63. The molecule has 1 atom stereocenters. The molecule has 0 aliphatic rings. The zero-order chi connectivity index (χ0) is 13.5. The lowest BCUT2D eigenvalue weighted by Gasteiger charge is -2.19. The number of nitrogens with zero attached hydrogens (tertiary/aromatic N) is 3. The van der Waals surface area contributed by atoms with Gasteiger partial charge in [-0.3, -0.25) is 4.68 Å². The third kappa shape index (κ3) is 3.71. The fraction of sp³-hybridized carbons (Fsp3) is 0.769. The molecule has 1 aromatic heterocycles. The van der Waals surface area contributed by atoms with E-state index in [0.717, 1.165) is 37.4 Å². The second kappa shape index (κ2) is 7.38. The summed E-state index contributed by atoms with van der Waals surface area (Å²) in [5, 5.41) is 7.79. The Morgan fingerprint density at radius 3 is 2.72 bits per heavy atom. The van der Waals surface area contributed by atoms with E-state index in [1.54, 1.807) is 7.11 Å². The van der Waals surface area contributed by atoms with Crippen molar-refractivity contribution in [2.75, 3.05) is 34.8 Å². The molecule has 0 saturated heterocycles. The zero-order valence-corrected chi connectivity index (χ0v) is 12.2. The van der Waals surface area contributed by atoms with E-state index in [1.807, 2.05) is 13.2 Å². The fourth-order valence-electron chi connectivity index (χ4n) is 2.07. The van der Waals surface area contributed by atoms with E-state index < -0.39 is 0 Å². The van der Waals surface area contributed by atoms with Gasteiger partial charge in [0, 0.05) is 6.54 Å². The van der Waals surface area contributed by atoms with Crippen molar-refractivity contribution in [1.29, 1.82) is 0 Å². The molecule has 0 radical (unpaired) electrons. The third-order valence-corrected chi connectivity index (χ3v) is 3.08. The maximum absolute atomic E-state index is 5.42. The first kappa shape index (κ1) is 15.0. The minimum atomic E-state index is 0.301. The van der Waals surface area contributed by atoms with Crippen LogP contribution in [0.2, 0.25) is 0 Å². The molecule has 0 bridgehead atoms. The Kier molecular flexibility index (Phi) is 6.15. The van der Waals surface area contributed by atoms with Crippen molar-refractivity contribution in [2.45, 2.75) is 32.4 Å². The Balaban J connectivity index is 2.92. The molecule has 1 rings (SSSR count). The molecule has 0 aliphatic carbocycles. The molecule has 5 nitrogen and oxygen atoms in total. The minimum absolute atomic E-state index is 0.301. The molecule has 0 spiro atoms. The van der Waals surface area contributed by atoms with Gasteiger partial charge in [0.15, 0.2) is 5.75 Å². The number of likely N-dealkylation sites (N-methyl/N-ethyl adjacent to an activating group) is 1. The largest absolute Gasteiger partial charge is 0.493 e. The molecule has 1 heterocycles. The van der Waals surface area contributed by atoms with Gasteiger partial charge in [-0.2, -0.15) is 5.10 Å². The molecule has 0 saturated carbocycles. The van der Waals surface area contributed by atoms with Crippen molar-refractivity contribution in [2.24, 2.45) is 0 Å². The summed E-state index contributed by atoms with van der Waals surface area (Å²) in [6.07, 6.45) is 4.03. The Morgan fingerprint density at radius 1 is 1.50 bits per heavy atom. The lowest BCUT2D eigenvalue weighted by atomic mass is 10.1. The maximum atomic E-state index is 5.42. The van der Waals surface area contributed by atoms with Gasteiger partial charge < -0.3 is 15.0 Å². The monoisotopic (exact) mass is 254 g/mol. The summed E-state index contributed by atoms with van der Waals surface area (Å²) in [6, 6.07) is 0.301. The number of nitrogens with one attached hydrogen (secondary N) is 1. The van der Waals surface area contributed by atoms with Crippen molar-refractivity contribution in [3.05, 3.63) is 11.9 Å². The molecule has 1 unspecified atom stereocenters. The molecule has 5 heteroatoms. The van der Waals surface area contributed by atoms with E-state index in [2.05, 4.69) is 41.0 Å². The van der Waals surface area contributed by atoms with Gasteiger partial charge in [0.2, 0.25) is 0 Å². The molecule has 0 aliphatic heterocycles. The zero-order valence-electron chi connectivity index (χ0n) is 12.2. The minimum Gasteiger partial charge on any atom is -0.493 e. The van der Waals surface area contributed by atoms with Crippen molar-refractivity contribution < 1.29 is 4.74 Å². The first-order valence-electron chi connectivity index (χ1n) is 6.55. The predicted molar refractivity (Wildman–Crippen MR) is 74.0 cm³/mol. The molecular formula is C13H26N4O. The average molecular weight is 254 g/mol. The third-order valence-electron chi connectivity index (χ3n) is 3.08. The van der Waals surface area contributed by atoms with Crippen LogP contribution in [0.15, 0.2) is 6.20 Å². The maximum Gasteiger partial charge on any atom is 0.161 e. The van der Waals surface area contributed by atoms with Gasteiger partial charge in [0.05, 0.1) is 31.6 Å². The van der Waals surface area contributed by atoms with E-state index in [4.69, 9.17) is 4.74 Å². The van der Waals surface area contributed by atoms with Crippen LogP contribution in [0.1, 0.15) is 31.5 Å². The molecule has 0 amide bonds.